The molecule has 6 rings (SSSR count). The number of nitriles is 1. The first-order valence-corrected chi connectivity index (χ1v) is 14.2. The number of nitrogens with zero attached hydrogens (tertiary/aromatic N) is 3. The summed E-state index contributed by atoms with van der Waals surface area (Å²) < 4.78 is 37.2. The van der Waals surface area contributed by atoms with Crippen LogP contribution >= 0.6 is 11.6 Å². The Hall–Kier alpha value is -3.53. The summed E-state index contributed by atoms with van der Waals surface area (Å²) in [6.45, 7) is 0. The molecule has 38 heavy (non-hydrogen) atoms. The van der Waals surface area contributed by atoms with Crippen molar-refractivity contribution in [3.8, 4) is 6.07 Å². The molecule has 0 amide bonds. The van der Waals surface area contributed by atoms with E-state index in [1.54, 1.807) is 24.3 Å². The molecule has 2 aromatic carbocycles. The Morgan fingerprint density at radius 2 is 1.97 bits per heavy atom. The molecule has 13 heteroatoms. The lowest BCUT2D eigenvalue weighted by Gasteiger charge is -2.34. The van der Waals surface area contributed by atoms with Crippen molar-refractivity contribution in [1.82, 2.24) is 21.0 Å². The van der Waals surface area contributed by atoms with Gasteiger partial charge in [-0.15, -0.1) is 5.53 Å². The van der Waals surface area contributed by atoms with Gasteiger partial charge in [0.15, 0.2) is 9.84 Å². The molecule has 0 bridgehead atoms. The summed E-state index contributed by atoms with van der Waals surface area (Å²) in [4.78, 5) is 4.36. The Morgan fingerprint density at radius 1 is 1.24 bits per heavy atom. The van der Waals surface area contributed by atoms with Gasteiger partial charge >= 0.3 is 0 Å². The van der Waals surface area contributed by atoms with E-state index in [4.69, 9.17) is 19.4 Å². The number of pyridine rings is 1. The molecule has 0 spiro atoms. The Labute approximate surface area is 225 Å². The van der Waals surface area contributed by atoms with Crippen molar-refractivity contribution in [3.63, 3.8) is 0 Å². The van der Waals surface area contributed by atoms with Crippen LogP contribution in [0.1, 0.15) is 24.0 Å². The zero-order valence-electron chi connectivity index (χ0n) is 20.0. The van der Waals surface area contributed by atoms with Gasteiger partial charge in [-0.1, -0.05) is 23.7 Å². The van der Waals surface area contributed by atoms with E-state index in [0.29, 0.717) is 44.6 Å². The molecule has 2 aliphatic heterocycles. The monoisotopic (exact) mass is 549 g/mol. The molecule has 3 aromatic rings. The molecule has 1 unspecified atom stereocenters. The number of rotatable bonds is 7. The van der Waals surface area contributed by atoms with Gasteiger partial charge in [-0.05, 0) is 42.7 Å². The van der Waals surface area contributed by atoms with Crippen LogP contribution in [0.15, 0.2) is 54.5 Å². The van der Waals surface area contributed by atoms with Crippen molar-refractivity contribution >= 4 is 51.6 Å². The second-order valence-corrected chi connectivity index (χ2v) is 12.4. The molecule has 3 aliphatic rings. The van der Waals surface area contributed by atoms with Gasteiger partial charge in [0.05, 0.1) is 50.5 Å². The van der Waals surface area contributed by atoms with Gasteiger partial charge in [-0.2, -0.15) is 5.26 Å². The first-order chi connectivity index (χ1) is 18.1. The molecule has 2 radical (unpaired) electrons. The van der Waals surface area contributed by atoms with Crippen LogP contribution in [0.5, 0.6) is 0 Å². The Kier molecular flexibility index (Phi) is 5.90. The van der Waals surface area contributed by atoms with Crippen molar-refractivity contribution in [1.29, 1.82) is 5.26 Å². The summed E-state index contributed by atoms with van der Waals surface area (Å²) in [6, 6.07) is 11.5. The van der Waals surface area contributed by atoms with Crippen LogP contribution in [0, 0.1) is 17.1 Å². The molecule has 3 heterocycles. The van der Waals surface area contributed by atoms with Gasteiger partial charge in [0, 0.05) is 29.5 Å². The fourth-order valence-corrected chi connectivity index (χ4v) is 6.30. The summed E-state index contributed by atoms with van der Waals surface area (Å²) in [5, 5.41) is 19.1. The maximum Gasteiger partial charge on any atom is 0.154 e. The van der Waals surface area contributed by atoms with Crippen LogP contribution < -0.4 is 21.6 Å². The molecular weight excluding hydrogens is 528 g/mol. The third-order valence-corrected chi connectivity index (χ3v) is 9.01. The summed E-state index contributed by atoms with van der Waals surface area (Å²) >= 11 is 6.64. The lowest BCUT2D eigenvalue weighted by Crippen LogP contribution is -2.46. The lowest BCUT2D eigenvalue weighted by molar-refractivity contribution is 0.260. The van der Waals surface area contributed by atoms with E-state index in [-0.39, 0.29) is 28.9 Å². The van der Waals surface area contributed by atoms with E-state index in [1.165, 1.54) is 18.3 Å². The van der Waals surface area contributed by atoms with E-state index in [2.05, 4.69) is 32.6 Å². The third-order valence-electron chi connectivity index (χ3n) is 6.90. The highest BCUT2D eigenvalue weighted by Crippen LogP contribution is 2.38. The zero-order chi connectivity index (χ0) is 26.7. The molecule has 1 saturated heterocycles. The second-order valence-electron chi connectivity index (χ2n) is 9.79. The van der Waals surface area contributed by atoms with Gasteiger partial charge < -0.3 is 16.1 Å². The van der Waals surface area contributed by atoms with Gasteiger partial charge in [0.1, 0.15) is 19.7 Å². The number of hydrazine groups is 2. The van der Waals surface area contributed by atoms with Crippen molar-refractivity contribution in [2.75, 3.05) is 22.1 Å². The number of hydrogen-bond donors (Lipinski definition) is 4. The molecule has 1 aromatic heterocycles. The number of halogens is 2. The highest BCUT2D eigenvalue weighted by molar-refractivity contribution is 7.92. The number of aromatic nitrogens is 1. The van der Waals surface area contributed by atoms with Crippen molar-refractivity contribution in [3.05, 3.63) is 76.5 Å². The number of sulfone groups is 1. The molecule has 2 fully saturated rings. The largest absolute Gasteiger partial charge is 0.379 e. The van der Waals surface area contributed by atoms with E-state index in [9.17, 15) is 18.1 Å². The summed E-state index contributed by atoms with van der Waals surface area (Å²) in [5.41, 5.74) is 7.80. The minimum Gasteiger partial charge on any atom is -0.379 e. The smallest absolute Gasteiger partial charge is 0.154 e. The fourth-order valence-electron chi connectivity index (χ4n) is 4.74. The summed E-state index contributed by atoms with van der Waals surface area (Å²) in [7, 11) is 3.92. The van der Waals surface area contributed by atoms with E-state index >= 15 is 0 Å². The predicted octanol–water partition coefficient (Wildman–Crippen LogP) is 2.87. The zero-order valence-corrected chi connectivity index (χ0v) is 21.6. The molecule has 1 saturated carbocycles. The van der Waals surface area contributed by atoms with Gasteiger partial charge in [-0.3, -0.25) is 9.99 Å². The Bertz CT molecular complexity index is 1610. The molecule has 9 nitrogen and oxygen atoms in total. The number of anilines is 2. The minimum atomic E-state index is -3.08. The normalized spacial score (nSPS) is 20.1. The van der Waals surface area contributed by atoms with Crippen LogP contribution in [-0.4, -0.2) is 49.8 Å². The van der Waals surface area contributed by atoms with Gasteiger partial charge in [-0.25, -0.2) is 12.8 Å². The highest BCUT2D eigenvalue weighted by atomic mass is 35.5. The molecule has 1 atom stereocenters. The predicted molar refractivity (Wildman–Crippen MR) is 144 cm³/mol. The average Bonchev–Trinajstić information content (AvgIpc) is 3.59. The quantitative estimate of drug-likeness (QED) is 0.330. The standard InChI is InChI=1S/C25H22BClFN7O2S/c26-25(15-1-3-16(28)4-2-15,22-11-35(34-33-22)19-5-6-19)32-17-7-20-23(31-18-12-38(36,37)13-18)14(9-29)10-30-24(20)21(27)8-17/h1-4,7-8,10-11,18-19,32-34H,5-6,12-13H2,(H,30,31). The van der Waals surface area contributed by atoms with Crippen LogP contribution in [0.25, 0.3) is 10.9 Å². The van der Waals surface area contributed by atoms with Crippen molar-refractivity contribution < 1.29 is 12.8 Å². The maximum absolute atomic E-state index is 13.8. The van der Waals surface area contributed by atoms with Crippen LogP contribution in [0.2, 0.25) is 5.02 Å². The number of hydrogen-bond acceptors (Lipinski definition) is 9. The van der Waals surface area contributed by atoms with E-state index in [0.717, 1.165) is 12.8 Å². The SMILES string of the molecule is [B]C(Nc1cc(Cl)c2ncc(C#N)c(NC3CS(=O)(=O)C3)c2c1)(C1=CN(C2CC2)NN1)c1ccc(F)cc1. The average molecular weight is 550 g/mol. The Morgan fingerprint density at radius 3 is 2.63 bits per heavy atom. The topological polar surface area (TPSA) is 122 Å². The van der Waals surface area contributed by atoms with Gasteiger partial charge in [0.25, 0.3) is 0 Å². The number of benzene rings is 2. The van der Waals surface area contributed by atoms with Crippen LogP contribution in [0.3, 0.4) is 0 Å². The fraction of sp³-hybridized carbons (Fsp3) is 0.280. The molecular formula is C25H22BClFN7O2S. The molecule has 192 valence electrons. The van der Waals surface area contributed by atoms with Crippen LogP contribution in [0.4, 0.5) is 15.8 Å². The van der Waals surface area contributed by atoms with Crippen LogP contribution in [-0.2, 0) is 15.3 Å². The summed E-state index contributed by atoms with van der Waals surface area (Å²) in [5.74, 6) is -0.428. The Balaban J connectivity index is 1.43. The third kappa shape index (κ3) is 4.51. The molecule has 1 aliphatic carbocycles. The first kappa shape index (κ1) is 24.8. The first-order valence-electron chi connectivity index (χ1n) is 12.0. The second kappa shape index (κ2) is 9.04. The van der Waals surface area contributed by atoms with Gasteiger partial charge in [0.2, 0.25) is 0 Å². The van der Waals surface area contributed by atoms with E-state index in [1.807, 2.05) is 11.2 Å². The minimum absolute atomic E-state index is 0.0197. The lowest BCUT2D eigenvalue weighted by atomic mass is 9.69. The van der Waals surface area contributed by atoms with Crippen molar-refractivity contribution in [2.24, 2.45) is 0 Å². The maximum atomic E-state index is 13.8. The summed E-state index contributed by atoms with van der Waals surface area (Å²) in [6.07, 6.45) is 5.42. The number of nitrogens with one attached hydrogen (secondary N) is 4. The molecule has 4 N–H and O–H groups in total. The van der Waals surface area contributed by atoms with Crippen molar-refractivity contribution in [2.45, 2.75) is 30.4 Å². The van der Waals surface area contributed by atoms with E-state index < -0.39 is 15.3 Å². The number of fused-ring (bicyclic) bond motifs is 1. The highest BCUT2D eigenvalue weighted by Gasteiger charge is 2.38.